The second kappa shape index (κ2) is 7.01. The van der Waals surface area contributed by atoms with Crippen molar-refractivity contribution in [3.8, 4) is 0 Å². The molecule has 152 valence electrons. The summed E-state index contributed by atoms with van der Waals surface area (Å²) in [6.07, 6.45) is 9.49. The number of aliphatic hydroxyl groups excluding tert-OH is 1. The molecule has 0 bridgehead atoms. The van der Waals surface area contributed by atoms with E-state index in [4.69, 9.17) is 4.74 Å². The Bertz CT molecular complexity index is 627. The zero-order chi connectivity index (χ0) is 19.4. The maximum Gasteiger partial charge on any atom is 0.302 e. The van der Waals surface area contributed by atoms with Gasteiger partial charge in [0, 0.05) is 22.6 Å². The van der Waals surface area contributed by atoms with Gasteiger partial charge in [-0.3, -0.25) is 4.79 Å². The van der Waals surface area contributed by atoms with Crippen LogP contribution in [-0.4, -0.2) is 39.5 Å². The van der Waals surface area contributed by atoms with E-state index >= 15 is 0 Å². The number of fused-ring (bicyclic) bond motifs is 5. The Kier molecular flexibility index (Phi) is 5.11. The first-order valence-electron chi connectivity index (χ1n) is 10.5. The van der Waals surface area contributed by atoms with Gasteiger partial charge in [0.1, 0.15) is 6.10 Å². The Morgan fingerprint density at radius 1 is 1.22 bits per heavy atom. The summed E-state index contributed by atoms with van der Waals surface area (Å²) in [5.41, 5.74) is -0.148. The van der Waals surface area contributed by atoms with Crippen molar-refractivity contribution in [2.24, 2.45) is 39.7 Å². The molecular formula is C21H32BrNO4. The van der Waals surface area contributed by atoms with Crippen molar-refractivity contribution in [1.82, 2.24) is 0 Å². The number of hydrogen-bond donors (Lipinski definition) is 2. The summed E-state index contributed by atoms with van der Waals surface area (Å²) in [6.45, 7) is 3.83. The Morgan fingerprint density at radius 3 is 2.70 bits per heavy atom. The van der Waals surface area contributed by atoms with E-state index in [0.717, 1.165) is 38.5 Å². The maximum absolute atomic E-state index is 11.6. The van der Waals surface area contributed by atoms with Gasteiger partial charge < -0.3 is 15.1 Å². The first-order valence-corrected chi connectivity index (χ1v) is 11.4. The molecule has 2 N–H and O–H groups in total. The van der Waals surface area contributed by atoms with E-state index in [9.17, 15) is 15.1 Å². The first-order chi connectivity index (χ1) is 12.8. The van der Waals surface area contributed by atoms with E-state index < -0.39 is 6.10 Å². The van der Waals surface area contributed by atoms with Gasteiger partial charge in [0.2, 0.25) is 0 Å². The number of esters is 1. The summed E-state index contributed by atoms with van der Waals surface area (Å²) < 4.78 is 5.72. The first kappa shape index (κ1) is 19.7. The topological polar surface area (TPSA) is 79.1 Å². The molecule has 0 amide bonds. The summed E-state index contributed by atoms with van der Waals surface area (Å²) in [5, 5.41) is 23.6. The van der Waals surface area contributed by atoms with Gasteiger partial charge in [-0.15, -0.1) is 5.16 Å². The molecule has 0 spiro atoms. The van der Waals surface area contributed by atoms with Crippen molar-refractivity contribution in [1.29, 1.82) is 0 Å². The summed E-state index contributed by atoms with van der Waals surface area (Å²) >= 11 is 3.66. The number of aliphatic hydroxyl groups is 1. The number of halogens is 1. The fraction of sp³-hybridized carbons (Fsp3) is 0.905. The second-order valence-electron chi connectivity index (χ2n) is 9.75. The van der Waals surface area contributed by atoms with Crippen LogP contribution in [0.4, 0.5) is 0 Å². The molecule has 4 aliphatic carbocycles. The number of carbonyl (C=O) groups excluding carboxylic acids is 1. The molecule has 5 nitrogen and oxygen atoms in total. The summed E-state index contributed by atoms with van der Waals surface area (Å²) in [7, 11) is 0. The molecule has 0 aromatic rings. The van der Waals surface area contributed by atoms with Gasteiger partial charge in [0.25, 0.3) is 0 Å². The lowest BCUT2D eigenvalue weighted by molar-refractivity contribution is -0.159. The highest BCUT2D eigenvalue weighted by atomic mass is 79.9. The van der Waals surface area contributed by atoms with Crippen LogP contribution in [-0.2, 0) is 9.53 Å². The molecule has 0 saturated heterocycles. The summed E-state index contributed by atoms with van der Waals surface area (Å²) in [5.74, 6) is 1.82. The van der Waals surface area contributed by atoms with Gasteiger partial charge in [-0.25, -0.2) is 0 Å². The summed E-state index contributed by atoms with van der Waals surface area (Å²) in [4.78, 5) is 11.7. The molecule has 9 unspecified atom stereocenters. The van der Waals surface area contributed by atoms with Crippen LogP contribution in [0.1, 0.15) is 65.2 Å². The van der Waals surface area contributed by atoms with Crippen LogP contribution in [0.5, 0.6) is 0 Å². The largest absolute Gasteiger partial charge is 0.462 e. The molecule has 4 fully saturated rings. The van der Waals surface area contributed by atoms with Crippen molar-refractivity contribution in [2.45, 2.75) is 82.2 Å². The normalized spacial score (nSPS) is 52.1. The third-order valence-electron chi connectivity index (χ3n) is 8.75. The predicted molar refractivity (Wildman–Crippen MR) is 106 cm³/mol. The summed E-state index contributed by atoms with van der Waals surface area (Å²) in [6, 6.07) is 0. The quantitative estimate of drug-likeness (QED) is 0.222. The molecular weight excluding hydrogens is 410 g/mol. The number of carbonyl (C=O) groups is 1. The highest BCUT2D eigenvalue weighted by Gasteiger charge is 2.62. The standard InChI is InChI=1S/C21H32BrNO4/c1-12(24)27-19-6-5-15-14-4-3-13-9-17(22)18(25)10-21(13,11-23-26)16(14)7-8-20(15,19)2/h11,13-19,25-26H,3-10H2,1-2H3/b23-11-. The van der Waals surface area contributed by atoms with Gasteiger partial charge in [-0.2, -0.15) is 0 Å². The average molecular weight is 442 g/mol. The number of nitrogens with zero attached hydrogens (tertiary/aromatic N) is 1. The van der Waals surface area contributed by atoms with Gasteiger partial charge in [-0.1, -0.05) is 22.9 Å². The number of ether oxygens (including phenoxy) is 1. The molecule has 4 aliphatic rings. The number of hydrogen-bond acceptors (Lipinski definition) is 5. The number of rotatable bonds is 2. The van der Waals surface area contributed by atoms with Crippen LogP contribution >= 0.6 is 15.9 Å². The lowest BCUT2D eigenvalue weighted by Crippen LogP contribution is -2.58. The molecule has 0 aromatic carbocycles. The van der Waals surface area contributed by atoms with Gasteiger partial charge in [0.15, 0.2) is 0 Å². The Morgan fingerprint density at radius 2 is 2.00 bits per heavy atom. The minimum Gasteiger partial charge on any atom is -0.462 e. The van der Waals surface area contributed by atoms with E-state index in [0.29, 0.717) is 30.1 Å². The number of oxime groups is 1. The van der Waals surface area contributed by atoms with Gasteiger partial charge >= 0.3 is 5.97 Å². The molecule has 6 heteroatoms. The average Bonchev–Trinajstić information content (AvgIpc) is 2.93. The van der Waals surface area contributed by atoms with Crippen molar-refractivity contribution in [2.75, 3.05) is 0 Å². The van der Waals surface area contributed by atoms with Crippen LogP contribution in [0.2, 0.25) is 0 Å². The van der Waals surface area contributed by atoms with Crippen molar-refractivity contribution >= 4 is 28.1 Å². The molecule has 0 heterocycles. The van der Waals surface area contributed by atoms with Crippen LogP contribution in [0.25, 0.3) is 0 Å². The van der Waals surface area contributed by atoms with E-state index in [1.165, 1.54) is 13.3 Å². The van der Waals surface area contributed by atoms with Crippen LogP contribution in [0.15, 0.2) is 5.16 Å². The van der Waals surface area contributed by atoms with Crippen molar-refractivity contribution in [3.05, 3.63) is 0 Å². The van der Waals surface area contributed by atoms with Crippen LogP contribution in [0, 0.1) is 34.5 Å². The van der Waals surface area contributed by atoms with E-state index in [1.54, 1.807) is 6.21 Å². The van der Waals surface area contributed by atoms with Crippen LogP contribution in [0.3, 0.4) is 0 Å². The van der Waals surface area contributed by atoms with Gasteiger partial charge in [-0.05, 0) is 75.0 Å². The highest BCUT2D eigenvalue weighted by Crippen LogP contribution is 2.66. The van der Waals surface area contributed by atoms with E-state index in [2.05, 4.69) is 28.0 Å². The molecule has 0 radical (unpaired) electrons. The van der Waals surface area contributed by atoms with E-state index in [1.807, 2.05) is 0 Å². The van der Waals surface area contributed by atoms with Gasteiger partial charge in [0.05, 0.1) is 12.3 Å². The van der Waals surface area contributed by atoms with Crippen LogP contribution < -0.4 is 0 Å². The van der Waals surface area contributed by atoms with Crippen molar-refractivity contribution < 1.29 is 19.8 Å². The third-order valence-corrected chi connectivity index (χ3v) is 9.73. The zero-order valence-electron chi connectivity index (χ0n) is 16.3. The molecule has 27 heavy (non-hydrogen) atoms. The molecule has 0 aromatic heterocycles. The van der Waals surface area contributed by atoms with Crippen molar-refractivity contribution in [3.63, 3.8) is 0 Å². The smallest absolute Gasteiger partial charge is 0.302 e. The van der Waals surface area contributed by atoms with E-state index in [-0.39, 0.29) is 27.7 Å². The molecule has 9 atom stereocenters. The SMILES string of the molecule is CC(=O)OC1CCC2C3CCC4CC(Br)C(O)CC4(/C=N\O)C3CCC12C. The lowest BCUT2D eigenvalue weighted by Gasteiger charge is -2.60. The third kappa shape index (κ3) is 2.97. The second-order valence-corrected chi connectivity index (χ2v) is 10.9. The lowest BCUT2D eigenvalue weighted by atomic mass is 9.44. The Balaban J connectivity index is 1.65. The zero-order valence-corrected chi connectivity index (χ0v) is 17.9. The molecule has 4 rings (SSSR count). The Labute approximate surface area is 170 Å². The fourth-order valence-corrected chi connectivity index (χ4v) is 8.24. The Hall–Kier alpha value is -0.620. The molecule has 4 saturated carbocycles. The highest BCUT2D eigenvalue weighted by molar-refractivity contribution is 9.09. The number of alkyl halides is 1. The fourth-order valence-electron chi connectivity index (χ4n) is 7.60. The minimum absolute atomic E-state index is 0.0324. The maximum atomic E-state index is 11.6. The molecule has 0 aliphatic heterocycles. The predicted octanol–water partition coefficient (Wildman–Crippen LogP) is 4.14. The minimum atomic E-state index is -0.399. The monoisotopic (exact) mass is 441 g/mol.